The topological polar surface area (TPSA) is 0 Å². The lowest BCUT2D eigenvalue weighted by Crippen LogP contribution is -2.13. The van der Waals surface area contributed by atoms with Crippen LogP contribution in [-0.2, 0) is 6.42 Å². The molecule has 0 spiro atoms. The molecule has 3 aliphatic rings. The zero-order valence-electron chi connectivity index (χ0n) is 19.6. The summed E-state index contributed by atoms with van der Waals surface area (Å²) < 4.78 is 0. The molecular weight excluding hydrogens is 360 g/mol. The predicted octanol–water partition coefficient (Wildman–Crippen LogP) is 8.88. The van der Waals surface area contributed by atoms with Crippen LogP contribution < -0.4 is 0 Å². The summed E-state index contributed by atoms with van der Waals surface area (Å²) in [4.78, 5) is 0. The molecule has 0 heteroatoms. The molecule has 1 aromatic rings. The maximum absolute atomic E-state index is 2.54. The van der Waals surface area contributed by atoms with Gasteiger partial charge in [0.2, 0.25) is 0 Å². The minimum absolute atomic E-state index is 0.624. The van der Waals surface area contributed by atoms with E-state index >= 15 is 0 Å². The van der Waals surface area contributed by atoms with E-state index in [1.165, 1.54) is 82.6 Å². The van der Waals surface area contributed by atoms with E-state index in [-0.39, 0.29) is 0 Å². The van der Waals surface area contributed by atoms with Crippen molar-refractivity contribution in [2.45, 2.75) is 96.8 Å². The normalized spacial score (nSPS) is 35.0. The molecule has 4 rings (SSSR count). The van der Waals surface area contributed by atoms with Crippen LogP contribution in [0, 0.1) is 29.6 Å². The summed E-state index contributed by atoms with van der Waals surface area (Å²) in [6.45, 7) is 4.83. The number of hydrogen-bond donors (Lipinski definition) is 0. The van der Waals surface area contributed by atoms with Crippen LogP contribution in [0.1, 0.15) is 102 Å². The smallest absolute Gasteiger partial charge is 0.00185 e. The highest BCUT2D eigenvalue weighted by atomic mass is 14.2. The van der Waals surface area contributed by atoms with Crippen molar-refractivity contribution >= 4 is 0 Å². The van der Waals surface area contributed by atoms with Crippen molar-refractivity contribution in [2.75, 3.05) is 0 Å². The van der Waals surface area contributed by atoms with Crippen molar-refractivity contribution in [3.8, 4) is 0 Å². The van der Waals surface area contributed by atoms with Crippen LogP contribution in [0.2, 0.25) is 0 Å². The molecule has 0 nitrogen and oxygen atoms in total. The highest BCUT2D eigenvalue weighted by molar-refractivity contribution is 5.29. The fourth-order valence-corrected chi connectivity index (χ4v) is 5.98. The molecule has 0 heterocycles. The third-order valence-corrected chi connectivity index (χ3v) is 8.48. The second kappa shape index (κ2) is 10.8. The SMILES string of the molecule is CC1CCC(/C=C/C2C=CC(c3ccc(CCC4CCC(C)CC4)cc3)CC2)CC1. The first-order valence-corrected chi connectivity index (χ1v) is 13.1. The zero-order chi connectivity index (χ0) is 20.8. The standard InChI is InChI=1S/C30H44/c1-23-3-7-25(8-4-23)11-13-27-15-19-29(20-16-27)30-21-17-28(18-22-30)14-12-26-9-5-24(2)6-10-26/h11,13,15,17-19,21-27,29H,3-10,12,14,16,20H2,1-2H3/b13-11+. The van der Waals surface area contributed by atoms with Crippen LogP contribution in [0.3, 0.4) is 0 Å². The number of benzene rings is 1. The molecule has 30 heavy (non-hydrogen) atoms. The summed E-state index contributed by atoms with van der Waals surface area (Å²) in [5.41, 5.74) is 3.06. The molecule has 0 radical (unpaired) electrons. The molecule has 3 aliphatic carbocycles. The van der Waals surface area contributed by atoms with E-state index < -0.39 is 0 Å². The van der Waals surface area contributed by atoms with Crippen molar-refractivity contribution < 1.29 is 0 Å². The van der Waals surface area contributed by atoms with Gasteiger partial charge in [-0.1, -0.05) is 101 Å². The summed E-state index contributed by atoms with van der Waals surface area (Å²) in [5.74, 6) is 5.03. The minimum Gasteiger partial charge on any atom is -0.0848 e. The molecule has 2 fully saturated rings. The maximum Gasteiger partial charge on any atom is 0.00185 e. The first-order chi connectivity index (χ1) is 14.7. The fraction of sp³-hybridized carbons (Fsp3) is 0.667. The van der Waals surface area contributed by atoms with Crippen molar-refractivity contribution in [1.29, 1.82) is 0 Å². The van der Waals surface area contributed by atoms with E-state index in [4.69, 9.17) is 0 Å². The Balaban J connectivity index is 1.22. The van der Waals surface area contributed by atoms with Gasteiger partial charge < -0.3 is 0 Å². The zero-order valence-corrected chi connectivity index (χ0v) is 19.6. The Morgan fingerprint density at radius 3 is 2.00 bits per heavy atom. The quantitative estimate of drug-likeness (QED) is 0.415. The molecule has 0 aromatic heterocycles. The van der Waals surface area contributed by atoms with Gasteiger partial charge >= 0.3 is 0 Å². The predicted molar refractivity (Wildman–Crippen MR) is 131 cm³/mol. The minimum atomic E-state index is 0.624. The van der Waals surface area contributed by atoms with Crippen LogP contribution in [0.4, 0.5) is 0 Å². The second-order valence-corrected chi connectivity index (χ2v) is 11.0. The lowest BCUT2D eigenvalue weighted by Gasteiger charge is -2.26. The highest BCUT2D eigenvalue weighted by Crippen LogP contribution is 2.34. The fourth-order valence-electron chi connectivity index (χ4n) is 5.98. The number of aryl methyl sites for hydroxylation is 1. The van der Waals surface area contributed by atoms with Gasteiger partial charge in [-0.3, -0.25) is 0 Å². The molecule has 2 atom stereocenters. The van der Waals surface area contributed by atoms with E-state index in [0.717, 1.165) is 23.7 Å². The van der Waals surface area contributed by atoms with Gasteiger partial charge in [-0.2, -0.15) is 0 Å². The molecule has 1 aromatic carbocycles. The Morgan fingerprint density at radius 2 is 1.37 bits per heavy atom. The molecule has 0 amide bonds. The van der Waals surface area contributed by atoms with Gasteiger partial charge in [0.25, 0.3) is 0 Å². The molecular formula is C30H44. The summed E-state index contributed by atoms with van der Waals surface area (Å²) >= 11 is 0. The summed E-state index contributed by atoms with van der Waals surface area (Å²) in [6, 6.07) is 9.63. The lowest BCUT2D eigenvalue weighted by atomic mass is 9.80. The average Bonchev–Trinajstić information content (AvgIpc) is 2.79. The monoisotopic (exact) mass is 404 g/mol. The summed E-state index contributed by atoms with van der Waals surface area (Å²) in [5, 5.41) is 0. The van der Waals surface area contributed by atoms with Gasteiger partial charge in [-0.15, -0.1) is 0 Å². The van der Waals surface area contributed by atoms with Crippen LogP contribution in [0.25, 0.3) is 0 Å². The van der Waals surface area contributed by atoms with Crippen LogP contribution in [0.15, 0.2) is 48.6 Å². The van der Waals surface area contributed by atoms with Crippen molar-refractivity contribution in [2.24, 2.45) is 29.6 Å². The molecule has 2 saturated carbocycles. The lowest BCUT2D eigenvalue weighted by molar-refractivity contribution is 0.278. The first-order valence-electron chi connectivity index (χ1n) is 13.1. The van der Waals surface area contributed by atoms with Gasteiger partial charge in [0.15, 0.2) is 0 Å². The van der Waals surface area contributed by atoms with E-state index in [9.17, 15) is 0 Å². The Hall–Kier alpha value is -1.30. The van der Waals surface area contributed by atoms with Crippen molar-refractivity contribution in [3.05, 3.63) is 59.7 Å². The molecule has 164 valence electrons. The van der Waals surface area contributed by atoms with Crippen LogP contribution in [0.5, 0.6) is 0 Å². The van der Waals surface area contributed by atoms with E-state index in [2.05, 4.69) is 62.4 Å². The third-order valence-electron chi connectivity index (χ3n) is 8.48. The van der Waals surface area contributed by atoms with Gasteiger partial charge in [0, 0.05) is 5.92 Å². The second-order valence-electron chi connectivity index (χ2n) is 11.0. The molecule has 0 bridgehead atoms. The number of rotatable bonds is 6. The van der Waals surface area contributed by atoms with Crippen molar-refractivity contribution in [3.63, 3.8) is 0 Å². The molecule has 2 unspecified atom stereocenters. The largest absolute Gasteiger partial charge is 0.0848 e. The van der Waals surface area contributed by atoms with E-state index in [1.54, 1.807) is 5.56 Å². The first kappa shape index (κ1) is 21.9. The van der Waals surface area contributed by atoms with Gasteiger partial charge in [-0.25, -0.2) is 0 Å². The maximum atomic E-state index is 2.54. The Bertz CT molecular complexity index is 677. The van der Waals surface area contributed by atoms with Gasteiger partial charge in [-0.05, 0) is 79.2 Å². The van der Waals surface area contributed by atoms with Gasteiger partial charge in [0.05, 0.1) is 0 Å². The molecule has 0 aliphatic heterocycles. The highest BCUT2D eigenvalue weighted by Gasteiger charge is 2.19. The van der Waals surface area contributed by atoms with E-state index in [1.807, 2.05) is 0 Å². The number of hydrogen-bond acceptors (Lipinski definition) is 0. The van der Waals surface area contributed by atoms with E-state index in [0.29, 0.717) is 11.8 Å². The molecule has 0 saturated heterocycles. The Morgan fingerprint density at radius 1 is 0.700 bits per heavy atom. The summed E-state index contributed by atoms with van der Waals surface area (Å²) in [7, 11) is 0. The third kappa shape index (κ3) is 6.35. The Kier molecular flexibility index (Phi) is 7.91. The number of allylic oxidation sites excluding steroid dienone is 4. The summed E-state index contributed by atoms with van der Waals surface area (Å²) in [6.07, 6.45) is 26.8. The van der Waals surface area contributed by atoms with Crippen molar-refractivity contribution in [1.82, 2.24) is 0 Å². The van der Waals surface area contributed by atoms with Crippen LogP contribution >= 0.6 is 0 Å². The molecule has 0 N–H and O–H groups in total. The Labute approximate surface area is 186 Å². The average molecular weight is 405 g/mol. The van der Waals surface area contributed by atoms with Gasteiger partial charge in [0.1, 0.15) is 0 Å². The van der Waals surface area contributed by atoms with Crippen LogP contribution in [-0.4, -0.2) is 0 Å².